The van der Waals surface area contributed by atoms with Gasteiger partial charge in [0, 0.05) is 13.1 Å². The summed E-state index contributed by atoms with van der Waals surface area (Å²) in [6, 6.07) is 9.30. The van der Waals surface area contributed by atoms with Gasteiger partial charge in [-0.05, 0) is 25.0 Å². The van der Waals surface area contributed by atoms with Crippen molar-refractivity contribution in [3.63, 3.8) is 0 Å². The zero-order valence-electron chi connectivity index (χ0n) is 11.9. The first-order valence-corrected chi connectivity index (χ1v) is 7.15. The lowest BCUT2D eigenvalue weighted by Gasteiger charge is -2.29. The number of hydrogen-bond donors (Lipinski definition) is 1. The Kier molecular flexibility index (Phi) is 3.86. The van der Waals surface area contributed by atoms with E-state index in [4.69, 9.17) is 5.11 Å². The molecule has 0 saturated carbocycles. The summed E-state index contributed by atoms with van der Waals surface area (Å²) in [5.41, 5.74) is 0.999. The molecule has 1 aliphatic rings. The molecule has 22 heavy (non-hydrogen) atoms. The van der Waals surface area contributed by atoms with Crippen molar-refractivity contribution >= 4 is 11.9 Å². The first kappa shape index (κ1) is 14.2. The van der Waals surface area contributed by atoms with Crippen LogP contribution in [0.2, 0.25) is 0 Å². The molecule has 1 fully saturated rings. The maximum Gasteiger partial charge on any atom is 0.308 e. The van der Waals surface area contributed by atoms with Gasteiger partial charge in [-0.25, -0.2) is 0 Å². The third-order valence-corrected chi connectivity index (χ3v) is 3.76. The van der Waals surface area contributed by atoms with E-state index < -0.39 is 11.9 Å². The van der Waals surface area contributed by atoms with Gasteiger partial charge in [0.1, 0.15) is 0 Å². The van der Waals surface area contributed by atoms with E-state index in [-0.39, 0.29) is 18.1 Å². The molecular weight excluding hydrogens is 284 g/mol. The summed E-state index contributed by atoms with van der Waals surface area (Å²) in [5, 5.41) is 17.4. The Balaban J connectivity index is 1.76. The van der Waals surface area contributed by atoms with E-state index in [0.29, 0.717) is 19.4 Å². The predicted molar refractivity (Wildman–Crippen MR) is 77.6 cm³/mol. The van der Waals surface area contributed by atoms with Crippen molar-refractivity contribution in [1.82, 2.24) is 19.9 Å². The molecule has 2 heterocycles. The Labute approximate surface area is 127 Å². The molecule has 1 aromatic carbocycles. The van der Waals surface area contributed by atoms with Gasteiger partial charge < -0.3 is 10.0 Å². The summed E-state index contributed by atoms with van der Waals surface area (Å²) in [6.07, 6.45) is 2.71. The number of hydrogen-bond acceptors (Lipinski definition) is 4. The molecule has 1 aliphatic heterocycles. The van der Waals surface area contributed by atoms with Gasteiger partial charge >= 0.3 is 5.97 Å². The van der Waals surface area contributed by atoms with Crippen molar-refractivity contribution in [3.8, 4) is 5.69 Å². The molecule has 1 atom stereocenters. The largest absolute Gasteiger partial charge is 0.481 e. The smallest absolute Gasteiger partial charge is 0.308 e. The quantitative estimate of drug-likeness (QED) is 0.920. The van der Waals surface area contributed by atoms with Crippen molar-refractivity contribution < 1.29 is 14.7 Å². The lowest BCUT2D eigenvalue weighted by Crippen LogP contribution is -2.42. The number of nitrogens with zero attached hydrogens (tertiary/aromatic N) is 4. The van der Waals surface area contributed by atoms with E-state index in [1.54, 1.807) is 4.90 Å². The Hall–Kier alpha value is -2.70. The summed E-state index contributed by atoms with van der Waals surface area (Å²) in [4.78, 5) is 26.4. The fourth-order valence-electron chi connectivity index (χ4n) is 2.57. The highest BCUT2D eigenvalue weighted by atomic mass is 16.4. The van der Waals surface area contributed by atoms with Crippen LogP contribution in [-0.2, 0) is 4.79 Å². The molecule has 7 heteroatoms. The molecule has 0 aliphatic carbocycles. The highest BCUT2D eigenvalue weighted by Crippen LogP contribution is 2.18. The number of likely N-dealkylation sites (tertiary alicyclic amines) is 1. The van der Waals surface area contributed by atoms with Crippen molar-refractivity contribution in [3.05, 3.63) is 42.2 Å². The van der Waals surface area contributed by atoms with Gasteiger partial charge in [0.2, 0.25) is 0 Å². The molecule has 0 spiro atoms. The minimum atomic E-state index is -0.856. The first-order valence-electron chi connectivity index (χ1n) is 7.15. The van der Waals surface area contributed by atoms with E-state index in [1.807, 2.05) is 30.3 Å². The molecule has 1 amide bonds. The molecule has 0 radical (unpaired) electrons. The third kappa shape index (κ3) is 2.83. The summed E-state index contributed by atoms with van der Waals surface area (Å²) in [5.74, 6) is -1.62. The summed E-state index contributed by atoms with van der Waals surface area (Å²) < 4.78 is 0. The second-order valence-corrected chi connectivity index (χ2v) is 5.28. The van der Waals surface area contributed by atoms with Gasteiger partial charge in [-0.2, -0.15) is 9.90 Å². The summed E-state index contributed by atoms with van der Waals surface area (Å²) >= 11 is 0. The third-order valence-electron chi connectivity index (χ3n) is 3.76. The van der Waals surface area contributed by atoms with Crippen LogP contribution in [0.3, 0.4) is 0 Å². The number of benzene rings is 1. The number of carbonyl (C=O) groups excluding carboxylic acids is 1. The van der Waals surface area contributed by atoms with Crippen molar-refractivity contribution in [2.24, 2.45) is 5.92 Å². The van der Waals surface area contributed by atoms with Gasteiger partial charge in [0.05, 0.1) is 17.8 Å². The average molecular weight is 300 g/mol. The zero-order chi connectivity index (χ0) is 15.5. The number of amides is 1. The van der Waals surface area contributed by atoms with E-state index in [9.17, 15) is 9.59 Å². The predicted octanol–water partition coefficient (Wildman–Crippen LogP) is 1.20. The molecule has 2 aromatic rings. The molecule has 114 valence electrons. The van der Waals surface area contributed by atoms with Crippen molar-refractivity contribution in [2.75, 3.05) is 13.1 Å². The number of piperidine rings is 1. The van der Waals surface area contributed by atoms with Crippen LogP contribution in [0.4, 0.5) is 0 Å². The van der Waals surface area contributed by atoms with Crippen LogP contribution < -0.4 is 0 Å². The maximum atomic E-state index is 12.4. The molecule has 7 nitrogen and oxygen atoms in total. The normalized spacial score (nSPS) is 18.2. The standard InChI is InChI=1S/C15H16N4O3/c20-14(18-8-4-5-11(10-18)15(21)22)13-9-16-19(17-13)12-6-2-1-3-7-12/h1-3,6-7,9,11H,4-5,8,10H2,(H,21,22). The van der Waals surface area contributed by atoms with Gasteiger partial charge in [-0.3, -0.25) is 9.59 Å². The topological polar surface area (TPSA) is 88.3 Å². The van der Waals surface area contributed by atoms with Gasteiger partial charge in [0.25, 0.3) is 5.91 Å². The van der Waals surface area contributed by atoms with Crippen LogP contribution >= 0.6 is 0 Å². The summed E-state index contributed by atoms with van der Waals surface area (Å²) in [6.45, 7) is 0.785. The Morgan fingerprint density at radius 1 is 1.23 bits per heavy atom. The fourth-order valence-corrected chi connectivity index (χ4v) is 2.57. The summed E-state index contributed by atoms with van der Waals surface area (Å²) in [7, 11) is 0. The van der Waals surface area contributed by atoms with Crippen LogP contribution in [0.5, 0.6) is 0 Å². The zero-order valence-corrected chi connectivity index (χ0v) is 11.9. The molecular formula is C15H16N4O3. The van der Waals surface area contributed by atoms with Gasteiger partial charge in [0.15, 0.2) is 5.69 Å². The Morgan fingerprint density at radius 3 is 2.73 bits per heavy atom. The Morgan fingerprint density at radius 2 is 2.00 bits per heavy atom. The highest BCUT2D eigenvalue weighted by molar-refractivity contribution is 5.92. The molecule has 1 saturated heterocycles. The average Bonchev–Trinajstić information content (AvgIpc) is 3.05. The maximum absolute atomic E-state index is 12.4. The second-order valence-electron chi connectivity index (χ2n) is 5.28. The number of carboxylic acid groups (broad SMARTS) is 1. The van der Waals surface area contributed by atoms with Crippen LogP contribution in [0, 0.1) is 5.92 Å². The van der Waals surface area contributed by atoms with E-state index in [0.717, 1.165) is 5.69 Å². The SMILES string of the molecule is O=C(O)C1CCCN(C(=O)c2cnn(-c3ccccc3)n2)C1. The number of carbonyl (C=O) groups is 2. The van der Waals surface area contributed by atoms with Crippen LogP contribution in [-0.4, -0.2) is 50.0 Å². The lowest BCUT2D eigenvalue weighted by molar-refractivity contribution is -0.143. The monoisotopic (exact) mass is 300 g/mol. The number of rotatable bonds is 3. The van der Waals surface area contributed by atoms with Crippen molar-refractivity contribution in [2.45, 2.75) is 12.8 Å². The van der Waals surface area contributed by atoms with E-state index in [1.165, 1.54) is 11.0 Å². The van der Waals surface area contributed by atoms with E-state index in [2.05, 4.69) is 10.2 Å². The van der Waals surface area contributed by atoms with Crippen LogP contribution in [0.1, 0.15) is 23.3 Å². The van der Waals surface area contributed by atoms with Crippen LogP contribution in [0.15, 0.2) is 36.5 Å². The number of carboxylic acids is 1. The van der Waals surface area contributed by atoms with Gasteiger partial charge in [-0.15, -0.1) is 5.10 Å². The Bertz CT molecular complexity index is 683. The fraction of sp³-hybridized carbons (Fsp3) is 0.333. The molecule has 1 unspecified atom stereocenters. The molecule has 1 N–H and O–H groups in total. The van der Waals surface area contributed by atoms with E-state index >= 15 is 0 Å². The molecule has 0 bridgehead atoms. The highest BCUT2D eigenvalue weighted by Gasteiger charge is 2.29. The second kappa shape index (κ2) is 5.97. The van der Waals surface area contributed by atoms with Crippen molar-refractivity contribution in [1.29, 1.82) is 0 Å². The molecule has 3 rings (SSSR count). The number of aromatic nitrogens is 3. The minimum Gasteiger partial charge on any atom is -0.481 e. The van der Waals surface area contributed by atoms with Gasteiger partial charge in [-0.1, -0.05) is 18.2 Å². The number of para-hydroxylation sites is 1. The first-order chi connectivity index (χ1) is 10.6. The minimum absolute atomic E-state index is 0.229. The van der Waals surface area contributed by atoms with Crippen LogP contribution in [0.25, 0.3) is 5.69 Å². The lowest BCUT2D eigenvalue weighted by atomic mass is 9.98. The number of aliphatic carboxylic acids is 1. The molecule has 1 aromatic heterocycles.